The third-order valence-electron chi connectivity index (χ3n) is 5.24. The van der Waals surface area contributed by atoms with Gasteiger partial charge in [-0.1, -0.05) is 27.2 Å². The van der Waals surface area contributed by atoms with Crippen LogP contribution in [-0.4, -0.2) is 37.6 Å². The van der Waals surface area contributed by atoms with E-state index in [0.717, 1.165) is 18.4 Å². The Morgan fingerprint density at radius 2 is 1.89 bits per heavy atom. The van der Waals surface area contributed by atoms with E-state index in [1.807, 2.05) is 0 Å². The van der Waals surface area contributed by atoms with Crippen LogP contribution in [0.5, 0.6) is 0 Å². The lowest BCUT2D eigenvalue weighted by molar-refractivity contribution is 0.163. The van der Waals surface area contributed by atoms with Crippen molar-refractivity contribution in [1.29, 1.82) is 0 Å². The normalized spacial score (nSPS) is 31.8. The Kier molecular flexibility index (Phi) is 4.71. The average Bonchev–Trinajstić information content (AvgIpc) is 2.51. The Labute approximate surface area is 114 Å². The van der Waals surface area contributed by atoms with Gasteiger partial charge in [-0.3, -0.25) is 0 Å². The minimum Gasteiger partial charge on any atom is -0.313 e. The molecular weight excluding hydrogens is 220 g/mol. The summed E-state index contributed by atoms with van der Waals surface area (Å²) in [6.07, 6.45) is 7.19. The summed E-state index contributed by atoms with van der Waals surface area (Å²) in [5.41, 5.74) is 0.484. The lowest BCUT2D eigenvalue weighted by atomic mass is 9.83. The second-order valence-electron chi connectivity index (χ2n) is 7.34. The minimum atomic E-state index is 0.484. The summed E-state index contributed by atoms with van der Waals surface area (Å²) >= 11 is 0. The molecule has 0 aliphatic heterocycles. The Balaban J connectivity index is 1.83. The third-order valence-corrected chi connectivity index (χ3v) is 5.24. The third kappa shape index (κ3) is 3.27. The average molecular weight is 252 g/mol. The van der Waals surface area contributed by atoms with E-state index in [-0.39, 0.29) is 0 Å². The lowest BCUT2D eigenvalue weighted by Crippen LogP contribution is -2.45. The smallest absolute Gasteiger partial charge is 0.0159 e. The molecule has 0 aromatic rings. The highest BCUT2D eigenvalue weighted by atomic mass is 15.1. The fourth-order valence-electron chi connectivity index (χ4n) is 3.97. The standard InChI is InChI=1S/C16H32N2/c1-5-17-15-14(9-10-16(15,2)3)12-18(4)11-13-7-6-8-13/h13-15,17H,5-12H2,1-4H3. The molecule has 1 N–H and O–H groups in total. The quantitative estimate of drug-likeness (QED) is 0.781. The lowest BCUT2D eigenvalue weighted by Gasteiger charge is -2.35. The molecule has 2 unspecified atom stereocenters. The first-order valence-corrected chi connectivity index (χ1v) is 7.95. The number of rotatable bonds is 6. The molecule has 0 aromatic carbocycles. The van der Waals surface area contributed by atoms with Crippen LogP contribution in [0.1, 0.15) is 52.9 Å². The first kappa shape index (κ1) is 14.3. The highest BCUT2D eigenvalue weighted by molar-refractivity contribution is 4.96. The van der Waals surface area contributed by atoms with Crippen LogP contribution < -0.4 is 5.32 Å². The van der Waals surface area contributed by atoms with E-state index in [2.05, 4.69) is 38.0 Å². The van der Waals surface area contributed by atoms with Crippen LogP contribution in [0.25, 0.3) is 0 Å². The van der Waals surface area contributed by atoms with Gasteiger partial charge in [0.2, 0.25) is 0 Å². The molecule has 0 heterocycles. The first-order chi connectivity index (χ1) is 8.53. The predicted octanol–water partition coefficient (Wildman–Crippen LogP) is 3.13. The second-order valence-corrected chi connectivity index (χ2v) is 7.34. The SMILES string of the molecule is CCNC1C(CN(C)CC2CCC2)CCC1(C)C. The molecule has 2 atom stereocenters. The predicted molar refractivity (Wildman–Crippen MR) is 78.8 cm³/mol. The van der Waals surface area contributed by atoms with Crippen molar-refractivity contribution in [2.45, 2.75) is 58.9 Å². The van der Waals surface area contributed by atoms with Crippen molar-refractivity contribution in [2.24, 2.45) is 17.3 Å². The topological polar surface area (TPSA) is 15.3 Å². The zero-order valence-corrected chi connectivity index (χ0v) is 12.8. The summed E-state index contributed by atoms with van der Waals surface area (Å²) in [7, 11) is 2.33. The molecule has 0 amide bonds. The van der Waals surface area contributed by atoms with Gasteiger partial charge in [0.15, 0.2) is 0 Å². The van der Waals surface area contributed by atoms with Crippen molar-refractivity contribution in [3.8, 4) is 0 Å². The molecular formula is C16H32N2. The van der Waals surface area contributed by atoms with Gasteiger partial charge >= 0.3 is 0 Å². The molecule has 0 radical (unpaired) electrons. The fourth-order valence-corrected chi connectivity index (χ4v) is 3.97. The Morgan fingerprint density at radius 3 is 2.44 bits per heavy atom. The van der Waals surface area contributed by atoms with Gasteiger partial charge in [-0.2, -0.15) is 0 Å². The molecule has 2 nitrogen and oxygen atoms in total. The Hall–Kier alpha value is -0.0800. The van der Waals surface area contributed by atoms with Crippen LogP contribution in [-0.2, 0) is 0 Å². The van der Waals surface area contributed by atoms with Gasteiger partial charge in [-0.05, 0) is 56.5 Å². The zero-order chi connectivity index (χ0) is 13.2. The van der Waals surface area contributed by atoms with Crippen LogP contribution in [0.15, 0.2) is 0 Å². The minimum absolute atomic E-state index is 0.484. The maximum absolute atomic E-state index is 3.74. The molecule has 2 fully saturated rings. The van der Waals surface area contributed by atoms with Gasteiger partial charge in [0, 0.05) is 19.1 Å². The van der Waals surface area contributed by atoms with Gasteiger partial charge < -0.3 is 10.2 Å². The van der Waals surface area contributed by atoms with Gasteiger partial charge in [-0.15, -0.1) is 0 Å². The summed E-state index contributed by atoms with van der Waals surface area (Å²) in [4.78, 5) is 2.60. The fraction of sp³-hybridized carbons (Fsp3) is 1.00. The molecule has 0 bridgehead atoms. The molecule has 2 saturated carbocycles. The number of hydrogen-bond acceptors (Lipinski definition) is 2. The zero-order valence-electron chi connectivity index (χ0n) is 12.8. The van der Waals surface area contributed by atoms with Gasteiger partial charge in [0.05, 0.1) is 0 Å². The molecule has 2 rings (SSSR count). The van der Waals surface area contributed by atoms with E-state index >= 15 is 0 Å². The summed E-state index contributed by atoms with van der Waals surface area (Å²) in [5.74, 6) is 1.85. The Bertz CT molecular complexity index is 258. The molecule has 2 heteroatoms. The van der Waals surface area contributed by atoms with Crippen molar-refractivity contribution in [2.75, 3.05) is 26.7 Å². The van der Waals surface area contributed by atoms with E-state index in [0.29, 0.717) is 11.5 Å². The summed E-state index contributed by atoms with van der Waals surface area (Å²) < 4.78 is 0. The summed E-state index contributed by atoms with van der Waals surface area (Å²) in [6.45, 7) is 10.8. The molecule has 0 saturated heterocycles. The van der Waals surface area contributed by atoms with Crippen molar-refractivity contribution in [3.63, 3.8) is 0 Å². The van der Waals surface area contributed by atoms with Crippen LogP contribution in [0.2, 0.25) is 0 Å². The van der Waals surface area contributed by atoms with Gasteiger partial charge in [-0.25, -0.2) is 0 Å². The van der Waals surface area contributed by atoms with Crippen molar-refractivity contribution in [3.05, 3.63) is 0 Å². The molecule has 0 aromatic heterocycles. The van der Waals surface area contributed by atoms with Crippen LogP contribution in [0, 0.1) is 17.3 Å². The van der Waals surface area contributed by atoms with Crippen molar-refractivity contribution >= 4 is 0 Å². The van der Waals surface area contributed by atoms with Crippen LogP contribution in [0.4, 0.5) is 0 Å². The maximum Gasteiger partial charge on any atom is 0.0159 e. The van der Waals surface area contributed by atoms with Crippen molar-refractivity contribution < 1.29 is 0 Å². The molecule has 106 valence electrons. The number of hydrogen-bond donors (Lipinski definition) is 1. The molecule has 18 heavy (non-hydrogen) atoms. The van der Waals surface area contributed by atoms with E-state index in [1.54, 1.807) is 0 Å². The molecule has 0 spiro atoms. The Morgan fingerprint density at radius 1 is 1.17 bits per heavy atom. The summed E-state index contributed by atoms with van der Waals surface area (Å²) in [5, 5.41) is 3.74. The molecule has 2 aliphatic rings. The van der Waals surface area contributed by atoms with E-state index in [1.165, 1.54) is 45.2 Å². The number of nitrogens with one attached hydrogen (secondary N) is 1. The maximum atomic E-state index is 3.74. The second kappa shape index (κ2) is 5.92. The van der Waals surface area contributed by atoms with Crippen molar-refractivity contribution in [1.82, 2.24) is 10.2 Å². The largest absolute Gasteiger partial charge is 0.313 e. The van der Waals surface area contributed by atoms with Crippen LogP contribution >= 0.6 is 0 Å². The monoisotopic (exact) mass is 252 g/mol. The van der Waals surface area contributed by atoms with E-state index < -0.39 is 0 Å². The van der Waals surface area contributed by atoms with Gasteiger partial charge in [0.25, 0.3) is 0 Å². The van der Waals surface area contributed by atoms with E-state index in [4.69, 9.17) is 0 Å². The van der Waals surface area contributed by atoms with Crippen LogP contribution in [0.3, 0.4) is 0 Å². The first-order valence-electron chi connectivity index (χ1n) is 7.95. The summed E-state index contributed by atoms with van der Waals surface area (Å²) in [6, 6.07) is 0.714. The molecule has 2 aliphatic carbocycles. The number of nitrogens with zero attached hydrogens (tertiary/aromatic N) is 1. The highest BCUT2D eigenvalue weighted by Crippen LogP contribution is 2.41. The van der Waals surface area contributed by atoms with Gasteiger partial charge in [0.1, 0.15) is 0 Å². The van der Waals surface area contributed by atoms with E-state index in [9.17, 15) is 0 Å². The highest BCUT2D eigenvalue weighted by Gasteiger charge is 2.41.